The lowest BCUT2D eigenvalue weighted by atomic mass is 10.1. The summed E-state index contributed by atoms with van der Waals surface area (Å²) in [6.07, 6.45) is 6.11. The van der Waals surface area contributed by atoms with Crippen LogP contribution in [0.4, 0.5) is 17.5 Å². The minimum atomic E-state index is 0.0745. The number of hydrogen-bond donors (Lipinski definition) is 3. The van der Waals surface area contributed by atoms with Gasteiger partial charge in [0.05, 0.1) is 11.4 Å². The van der Waals surface area contributed by atoms with Gasteiger partial charge in [0.1, 0.15) is 23.4 Å². The van der Waals surface area contributed by atoms with Gasteiger partial charge in [-0.25, -0.2) is 14.6 Å². The summed E-state index contributed by atoms with van der Waals surface area (Å²) in [5, 5.41) is 19.0. The first-order chi connectivity index (χ1) is 16.1. The molecule has 9 nitrogen and oxygen atoms in total. The van der Waals surface area contributed by atoms with Crippen molar-refractivity contribution in [2.75, 3.05) is 11.1 Å². The first kappa shape index (κ1) is 19.5. The van der Waals surface area contributed by atoms with Crippen LogP contribution in [0.25, 0.3) is 33.4 Å². The van der Waals surface area contributed by atoms with Crippen molar-refractivity contribution in [1.82, 2.24) is 24.7 Å². The van der Waals surface area contributed by atoms with Crippen LogP contribution in [0.15, 0.2) is 47.1 Å². The number of phenolic OH excluding ortho intramolecular Hbond substituents is 1. The second-order valence-corrected chi connectivity index (χ2v) is 8.54. The van der Waals surface area contributed by atoms with E-state index < -0.39 is 0 Å². The summed E-state index contributed by atoms with van der Waals surface area (Å²) in [5.41, 5.74) is 11.4. The monoisotopic (exact) mass is 441 g/mol. The molecule has 1 fully saturated rings. The number of oxazole rings is 1. The van der Waals surface area contributed by atoms with E-state index in [9.17, 15) is 5.11 Å². The summed E-state index contributed by atoms with van der Waals surface area (Å²) >= 11 is 0. The van der Waals surface area contributed by atoms with E-state index >= 15 is 0 Å². The summed E-state index contributed by atoms with van der Waals surface area (Å²) < 4.78 is 7.71. The highest BCUT2D eigenvalue weighted by Crippen LogP contribution is 2.37. The molecule has 0 unspecified atom stereocenters. The van der Waals surface area contributed by atoms with Gasteiger partial charge in [-0.3, -0.25) is 0 Å². The smallest absolute Gasteiger partial charge is 0.300 e. The fourth-order valence-corrected chi connectivity index (χ4v) is 4.64. The SMILES string of the molecule is Cc1cc(O)c2oc(Nc3ccc(-c4nn(C5CCCC5)c5ncnc(N)c45)cc3)nc2c1. The molecule has 3 aromatic heterocycles. The van der Waals surface area contributed by atoms with Gasteiger partial charge < -0.3 is 20.6 Å². The molecular weight excluding hydrogens is 418 g/mol. The van der Waals surface area contributed by atoms with Gasteiger partial charge in [0.2, 0.25) is 0 Å². The molecule has 166 valence electrons. The van der Waals surface area contributed by atoms with Crippen molar-refractivity contribution in [2.24, 2.45) is 0 Å². The molecule has 3 heterocycles. The lowest BCUT2D eigenvalue weighted by Gasteiger charge is -2.10. The van der Waals surface area contributed by atoms with E-state index in [0.29, 0.717) is 29.0 Å². The van der Waals surface area contributed by atoms with Gasteiger partial charge in [-0.05, 0) is 49.6 Å². The minimum Gasteiger partial charge on any atom is -0.504 e. The van der Waals surface area contributed by atoms with E-state index in [-0.39, 0.29) is 5.75 Å². The second kappa shape index (κ2) is 7.47. The number of aromatic hydroxyl groups is 1. The zero-order valence-corrected chi connectivity index (χ0v) is 18.1. The Morgan fingerprint density at radius 1 is 1.12 bits per heavy atom. The number of nitrogens with one attached hydrogen (secondary N) is 1. The highest BCUT2D eigenvalue weighted by atomic mass is 16.4. The molecule has 0 spiro atoms. The van der Waals surface area contributed by atoms with E-state index in [1.165, 1.54) is 19.2 Å². The zero-order chi connectivity index (χ0) is 22.5. The van der Waals surface area contributed by atoms with Crippen LogP contribution in [-0.2, 0) is 0 Å². The summed E-state index contributed by atoms with van der Waals surface area (Å²) in [4.78, 5) is 13.1. The highest BCUT2D eigenvalue weighted by Gasteiger charge is 2.24. The third-order valence-corrected chi connectivity index (χ3v) is 6.21. The molecule has 1 saturated carbocycles. The topological polar surface area (TPSA) is 128 Å². The maximum absolute atomic E-state index is 10.1. The molecule has 5 aromatic rings. The van der Waals surface area contributed by atoms with Crippen molar-refractivity contribution in [3.63, 3.8) is 0 Å². The molecular formula is C24H23N7O2. The Hall–Kier alpha value is -4.14. The van der Waals surface area contributed by atoms with Crippen molar-refractivity contribution < 1.29 is 9.52 Å². The first-order valence-electron chi connectivity index (χ1n) is 11.0. The zero-order valence-electron chi connectivity index (χ0n) is 18.1. The summed E-state index contributed by atoms with van der Waals surface area (Å²) in [5.74, 6) is 0.508. The van der Waals surface area contributed by atoms with Crippen LogP contribution in [0.2, 0.25) is 0 Å². The number of anilines is 3. The Morgan fingerprint density at radius 2 is 1.91 bits per heavy atom. The van der Waals surface area contributed by atoms with Crippen LogP contribution < -0.4 is 11.1 Å². The van der Waals surface area contributed by atoms with Gasteiger partial charge >= 0.3 is 0 Å². The van der Waals surface area contributed by atoms with Gasteiger partial charge in [-0.2, -0.15) is 10.1 Å². The summed E-state index contributed by atoms with van der Waals surface area (Å²) in [7, 11) is 0. The second-order valence-electron chi connectivity index (χ2n) is 8.54. The third-order valence-electron chi connectivity index (χ3n) is 6.21. The number of fused-ring (bicyclic) bond motifs is 2. The van der Waals surface area contributed by atoms with Gasteiger partial charge in [0.25, 0.3) is 6.01 Å². The molecule has 0 bridgehead atoms. The molecule has 33 heavy (non-hydrogen) atoms. The lowest BCUT2D eigenvalue weighted by Crippen LogP contribution is -2.07. The van der Waals surface area contributed by atoms with Crippen LogP contribution in [0.3, 0.4) is 0 Å². The van der Waals surface area contributed by atoms with E-state index in [2.05, 4.69) is 20.3 Å². The Kier molecular flexibility index (Phi) is 4.42. The van der Waals surface area contributed by atoms with Crippen molar-refractivity contribution in [3.05, 3.63) is 48.3 Å². The number of nitrogen functional groups attached to an aromatic ring is 1. The van der Waals surface area contributed by atoms with Crippen molar-refractivity contribution >= 4 is 39.7 Å². The number of rotatable bonds is 4. The van der Waals surface area contributed by atoms with Gasteiger partial charge in [-0.1, -0.05) is 25.0 Å². The molecule has 9 heteroatoms. The molecule has 1 aliphatic carbocycles. The van der Waals surface area contributed by atoms with E-state index in [1.807, 2.05) is 41.9 Å². The standard InChI is InChI=1S/C24H23N7O2/c1-13-10-17-21(18(32)11-13)33-24(29-17)28-15-8-6-14(7-9-15)20-19-22(25)26-12-27-23(19)31(30-20)16-4-2-3-5-16/h6-12,16,32H,2-5H2,1H3,(H,28,29)(H2,25,26,27). The van der Waals surface area contributed by atoms with Gasteiger partial charge in [-0.15, -0.1) is 0 Å². The average Bonchev–Trinajstić information content (AvgIpc) is 3.53. The molecule has 0 amide bonds. The predicted molar refractivity (Wildman–Crippen MR) is 126 cm³/mol. The quantitative estimate of drug-likeness (QED) is 0.352. The Balaban J connectivity index is 1.34. The fraction of sp³-hybridized carbons (Fsp3) is 0.250. The molecule has 0 atom stereocenters. The molecule has 4 N–H and O–H groups in total. The third kappa shape index (κ3) is 3.32. The number of aromatic nitrogens is 5. The summed E-state index contributed by atoms with van der Waals surface area (Å²) in [6.45, 7) is 1.90. The largest absolute Gasteiger partial charge is 0.504 e. The van der Waals surface area contributed by atoms with Gasteiger partial charge in [0, 0.05) is 11.3 Å². The van der Waals surface area contributed by atoms with Crippen molar-refractivity contribution in [3.8, 4) is 17.0 Å². The van der Waals surface area contributed by atoms with Crippen molar-refractivity contribution in [1.29, 1.82) is 0 Å². The van der Waals surface area contributed by atoms with Crippen LogP contribution in [0.5, 0.6) is 5.75 Å². The minimum absolute atomic E-state index is 0.0745. The normalized spacial score (nSPS) is 14.5. The summed E-state index contributed by atoms with van der Waals surface area (Å²) in [6, 6.07) is 12.0. The highest BCUT2D eigenvalue weighted by molar-refractivity contribution is 5.98. The number of aryl methyl sites for hydroxylation is 1. The number of hydrogen-bond acceptors (Lipinski definition) is 8. The Bertz CT molecular complexity index is 1480. The maximum Gasteiger partial charge on any atom is 0.300 e. The number of nitrogens with zero attached hydrogens (tertiary/aromatic N) is 5. The first-order valence-corrected chi connectivity index (χ1v) is 11.0. The van der Waals surface area contributed by atoms with E-state index in [4.69, 9.17) is 15.2 Å². The number of phenols is 1. The Labute approximate surface area is 189 Å². The number of nitrogens with two attached hydrogens (primary N) is 1. The Morgan fingerprint density at radius 3 is 2.70 bits per heavy atom. The van der Waals surface area contributed by atoms with E-state index in [0.717, 1.165) is 46.4 Å². The fourth-order valence-electron chi connectivity index (χ4n) is 4.64. The molecule has 0 saturated heterocycles. The molecule has 1 aliphatic rings. The molecule has 2 aromatic carbocycles. The molecule has 0 aliphatic heterocycles. The molecule has 0 radical (unpaired) electrons. The van der Waals surface area contributed by atoms with E-state index in [1.54, 1.807) is 6.07 Å². The maximum atomic E-state index is 10.1. The van der Waals surface area contributed by atoms with Crippen molar-refractivity contribution in [2.45, 2.75) is 38.6 Å². The van der Waals surface area contributed by atoms with Crippen LogP contribution in [0, 0.1) is 6.92 Å². The van der Waals surface area contributed by atoms with Crippen LogP contribution >= 0.6 is 0 Å². The average molecular weight is 441 g/mol. The van der Waals surface area contributed by atoms with Crippen LogP contribution in [-0.4, -0.2) is 29.8 Å². The molecule has 6 rings (SSSR count). The van der Waals surface area contributed by atoms with Crippen LogP contribution in [0.1, 0.15) is 37.3 Å². The number of benzene rings is 2. The predicted octanol–water partition coefficient (Wildman–Crippen LogP) is 5.09. The lowest BCUT2D eigenvalue weighted by molar-refractivity contribution is 0.466. The van der Waals surface area contributed by atoms with Gasteiger partial charge in [0.15, 0.2) is 17.0 Å².